The summed E-state index contributed by atoms with van der Waals surface area (Å²) in [5.41, 5.74) is 3.76. The van der Waals surface area contributed by atoms with Gasteiger partial charge in [-0.2, -0.15) is 5.26 Å². The molecule has 1 amide bonds. The molecule has 0 bridgehead atoms. The molecular weight excluding hydrogens is 434 g/mol. The van der Waals surface area contributed by atoms with Crippen molar-refractivity contribution in [3.05, 3.63) is 88.6 Å². The maximum Gasteiger partial charge on any atom is 0.337 e. The van der Waals surface area contributed by atoms with Crippen LogP contribution < -0.4 is 5.32 Å². The summed E-state index contributed by atoms with van der Waals surface area (Å²) in [5.74, 6) is -1.41. The van der Waals surface area contributed by atoms with Crippen LogP contribution in [0.1, 0.15) is 32.7 Å². The fourth-order valence-electron chi connectivity index (χ4n) is 3.33. The van der Waals surface area contributed by atoms with Crippen LogP contribution >= 0.6 is 0 Å². The smallest absolute Gasteiger partial charge is 0.337 e. The lowest BCUT2D eigenvalue weighted by Gasteiger charge is -2.13. The fourth-order valence-corrected chi connectivity index (χ4v) is 3.33. The van der Waals surface area contributed by atoms with Crippen LogP contribution in [0.4, 0.5) is 5.82 Å². The molecule has 0 aliphatic rings. The number of hydrogen-bond donors (Lipinski definition) is 1. The number of para-hydroxylation sites is 1. The van der Waals surface area contributed by atoms with E-state index in [4.69, 9.17) is 4.74 Å². The Hall–Kier alpha value is -4.64. The average Bonchev–Trinajstić information content (AvgIpc) is 3.10. The summed E-state index contributed by atoms with van der Waals surface area (Å²) in [6, 6.07) is 17.9. The second-order valence-electron chi connectivity index (χ2n) is 7.32. The van der Waals surface area contributed by atoms with Gasteiger partial charge in [-0.05, 0) is 55.3 Å². The number of carbonyl (C=O) groups is 3. The summed E-state index contributed by atoms with van der Waals surface area (Å²) in [6.07, 6.45) is 2.68. The molecule has 2 aromatic carbocycles. The molecule has 1 heterocycles. The lowest BCUT2D eigenvalue weighted by atomic mass is 10.1. The first-order chi connectivity index (χ1) is 16.3. The zero-order chi connectivity index (χ0) is 24.7. The van der Waals surface area contributed by atoms with Gasteiger partial charge in [-0.25, -0.2) is 9.59 Å². The zero-order valence-electron chi connectivity index (χ0n) is 19.0. The van der Waals surface area contributed by atoms with Crippen LogP contribution in [-0.4, -0.2) is 36.1 Å². The van der Waals surface area contributed by atoms with Crippen molar-refractivity contribution >= 4 is 29.7 Å². The molecular formula is C26H23N3O5. The van der Waals surface area contributed by atoms with Gasteiger partial charge in [-0.1, -0.05) is 30.3 Å². The van der Waals surface area contributed by atoms with Crippen molar-refractivity contribution in [1.82, 2.24) is 4.57 Å². The van der Waals surface area contributed by atoms with Crippen LogP contribution in [-0.2, 0) is 19.1 Å². The van der Waals surface area contributed by atoms with Crippen LogP contribution in [0.25, 0.3) is 11.8 Å². The molecule has 0 saturated heterocycles. The van der Waals surface area contributed by atoms with Gasteiger partial charge < -0.3 is 14.8 Å². The summed E-state index contributed by atoms with van der Waals surface area (Å²) in [4.78, 5) is 36.0. The molecule has 3 rings (SSSR count). The van der Waals surface area contributed by atoms with Gasteiger partial charge in [0.05, 0.1) is 18.2 Å². The van der Waals surface area contributed by atoms with Gasteiger partial charge in [0.1, 0.15) is 11.9 Å². The first-order valence-electron chi connectivity index (χ1n) is 10.4. The van der Waals surface area contributed by atoms with E-state index in [0.717, 1.165) is 16.9 Å². The van der Waals surface area contributed by atoms with E-state index >= 15 is 0 Å². The number of nitrogens with zero attached hydrogens (tertiary/aromatic N) is 2. The van der Waals surface area contributed by atoms with Crippen molar-refractivity contribution in [2.24, 2.45) is 0 Å². The molecule has 0 saturated carbocycles. The SMILES string of the molecule is COC(=O)c1ccc(/C=C/C(=O)OCC(=O)Nc2c(C#N)c(C)c(C)n2-c2ccccc2)cc1. The monoisotopic (exact) mass is 457 g/mol. The molecule has 8 nitrogen and oxygen atoms in total. The van der Waals surface area contributed by atoms with Gasteiger partial charge in [0, 0.05) is 17.5 Å². The minimum absolute atomic E-state index is 0.325. The molecule has 8 heteroatoms. The number of anilines is 1. The third-order valence-corrected chi connectivity index (χ3v) is 5.19. The number of ether oxygens (including phenoxy) is 2. The fraction of sp³-hybridized carbons (Fsp3) is 0.154. The first kappa shape index (κ1) is 24.0. The van der Waals surface area contributed by atoms with Gasteiger partial charge in [0.15, 0.2) is 6.61 Å². The second-order valence-corrected chi connectivity index (χ2v) is 7.32. The number of aromatic nitrogens is 1. The number of amides is 1. The largest absolute Gasteiger partial charge is 0.465 e. The Kier molecular flexibility index (Phi) is 7.62. The molecule has 1 N–H and O–H groups in total. The number of nitriles is 1. The van der Waals surface area contributed by atoms with E-state index in [1.165, 1.54) is 19.3 Å². The topological polar surface area (TPSA) is 110 Å². The Bertz CT molecular complexity index is 1280. The minimum atomic E-state index is -0.710. The number of benzene rings is 2. The van der Waals surface area contributed by atoms with E-state index in [0.29, 0.717) is 22.5 Å². The molecule has 1 aromatic heterocycles. The van der Waals surface area contributed by atoms with E-state index in [-0.39, 0.29) is 0 Å². The van der Waals surface area contributed by atoms with Crippen LogP contribution in [0.15, 0.2) is 60.7 Å². The Morgan fingerprint density at radius 1 is 1.06 bits per heavy atom. The van der Waals surface area contributed by atoms with Crippen molar-refractivity contribution in [1.29, 1.82) is 5.26 Å². The third kappa shape index (κ3) is 5.40. The molecule has 0 unspecified atom stereocenters. The molecule has 172 valence electrons. The van der Waals surface area contributed by atoms with Crippen molar-refractivity contribution in [2.45, 2.75) is 13.8 Å². The number of esters is 2. The van der Waals surface area contributed by atoms with Gasteiger partial charge in [0.2, 0.25) is 0 Å². The molecule has 0 aliphatic heterocycles. The van der Waals surface area contributed by atoms with Crippen LogP contribution in [0.3, 0.4) is 0 Å². The number of hydrogen-bond acceptors (Lipinski definition) is 6. The van der Waals surface area contributed by atoms with Gasteiger partial charge >= 0.3 is 11.9 Å². The van der Waals surface area contributed by atoms with E-state index < -0.39 is 24.5 Å². The lowest BCUT2D eigenvalue weighted by molar-refractivity contribution is -0.142. The van der Waals surface area contributed by atoms with Crippen molar-refractivity contribution in [3.8, 4) is 11.8 Å². The van der Waals surface area contributed by atoms with Gasteiger partial charge in [0.25, 0.3) is 5.91 Å². The molecule has 0 fully saturated rings. The normalized spacial score (nSPS) is 10.5. The highest BCUT2D eigenvalue weighted by atomic mass is 16.5. The average molecular weight is 457 g/mol. The van der Waals surface area contributed by atoms with Gasteiger partial charge in [-0.15, -0.1) is 0 Å². The molecule has 0 aliphatic carbocycles. The Labute approximate surface area is 197 Å². The standard InChI is InChI=1S/C26H23N3O5/c1-17-18(2)29(21-7-5-4-6-8-21)25(22(17)15-27)28-23(30)16-34-24(31)14-11-19-9-12-20(13-10-19)26(32)33-3/h4-14H,16H2,1-3H3,(H,28,30)/b14-11+. The summed E-state index contributed by atoms with van der Waals surface area (Å²) in [6.45, 7) is 3.15. The van der Waals surface area contributed by atoms with Crippen LogP contribution in [0.2, 0.25) is 0 Å². The van der Waals surface area contributed by atoms with E-state index in [9.17, 15) is 19.6 Å². The number of rotatable bonds is 7. The highest BCUT2D eigenvalue weighted by Crippen LogP contribution is 2.29. The second kappa shape index (κ2) is 10.8. The number of nitrogens with one attached hydrogen (secondary N) is 1. The molecule has 3 aromatic rings. The molecule has 34 heavy (non-hydrogen) atoms. The highest BCUT2D eigenvalue weighted by Gasteiger charge is 2.21. The summed E-state index contributed by atoms with van der Waals surface area (Å²) < 4.78 is 11.5. The first-order valence-corrected chi connectivity index (χ1v) is 10.4. The highest BCUT2D eigenvalue weighted by molar-refractivity contribution is 5.96. The number of methoxy groups -OCH3 is 1. The lowest BCUT2D eigenvalue weighted by Crippen LogP contribution is -2.22. The Balaban J connectivity index is 1.66. The minimum Gasteiger partial charge on any atom is -0.465 e. The summed E-state index contributed by atoms with van der Waals surface area (Å²) >= 11 is 0. The van der Waals surface area contributed by atoms with Crippen molar-refractivity contribution < 1.29 is 23.9 Å². The van der Waals surface area contributed by atoms with Gasteiger partial charge in [-0.3, -0.25) is 9.36 Å². The summed E-state index contributed by atoms with van der Waals surface area (Å²) in [5, 5.41) is 12.3. The van der Waals surface area contributed by atoms with Crippen LogP contribution in [0, 0.1) is 25.2 Å². The van der Waals surface area contributed by atoms with Crippen molar-refractivity contribution in [2.75, 3.05) is 19.0 Å². The molecule has 0 radical (unpaired) electrons. The molecule has 0 atom stereocenters. The maximum atomic E-state index is 12.5. The predicted octanol–water partition coefficient (Wildman–Crippen LogP) is 3.95. The van der Waals surface area contributed by atoms with Crippen LogP contribution in [0.5, 0.6) is 0 Å². The summed E-state index contributed by atoms with van der Waals surface area (Å²) in [7, 11) is 1.30. The van der Waals surface area contributed by atoms with E-state index in [1.807, 2.05) is 44.2 Å². The Morgan fingerprint density at radius 2 is 1.74 bits per heavy atom. The maximum absolute atomic E-state index is 12.5. The quantitative estimate of drug-likeness (QED) is 0.425. The third-order valence-electron chi connectivity index (χ3n) is 5.19. The van der Waals surface area contributed by atoms with Crippen molar-refractivity contribution in [3.63, 3.8) is 0 Å². The van der Waals surface area contributed by atoms with E-state index in [1.54, 1.807) is 28.8 Å². The Morgan fingerprint density at radius 3 is 2.35 bits per heavy atom. The number of carbonyl (C=O) groups excluding carboxylic acids is 3. The predicted molar refractivity (Wildman–Crippen MR) is 126 cm³/mol. The zero-order valence-corrected chi connectivity index (χ0v) is 19.0. The molecule has 0 spiro atoms. The van der Waals surface area contributed by atoms with E-state index in [2.05, 4.69) is 16.1 Å².